The molecule has 0 unspecified atom stereocenters. The smallest absolute Gasteiger partial charge is 0.243 e. The molecule has 0 radical (unpaired) electrons. The van der Waals surface area contributed by atoms with Gasteiger partial charge in [0.1, 0.15) is 11.5 Å². The van der Waals surface area contributed by atoms with Crippen LogP contribution < -0.4 is 19.7 Å². The predicted molar refractivity (Wildman–Crippen MR) is 111 cm³/mol. The molecule has 1 aliphatic rings. The molecule has 2 aromatic carbocycles. The number of carbonyl (C=O) groups is 1. The van der Waals surface area contributed by atoms with Gasteiger partial charge in [0.25, 0.3) is 0 Å². The summed E-state index contributed by atoms with van der Waals surface area (Å²) in [6.45, 7) is 3.27. The highest BCUT2D eigenvalue weighted by molar-refractivity contribution is 7.89. The van der Waals surface area contributed by atoms with E-state index < -0.39 is 10.0 Å². The van der Waals surface area contributed by atoms with Gasteiger partial charge in [-0.2, -0.15) is 4.31 Å². The number of sulfonamides is 1. The summed E-state index contributed by atoms with van der Waals surface area (Å²) in [6, 6.07) is 12.2. The summed E-state index contributed by atoms with van der Waals surface area (Å²) in [4.78, 5) is 13.7. The van der Waals surface area contributed by atoms with Crippen LogP contribution >= 0.6 is 0 Å². The number of benzene rings is 2. The Morgan fingerprint density at radius 1 is 0.966 bits per heavy atom. The summed E-state index contributed by atoms with van der Waals surface area (Å²) in [7, 11) is -0.596. The van der Waals surface area contributed by atoms with Crippen molar-refractivity contribution in [1.82, 2.24) is 4.31 Å². The Hall–Kier alpha value is -2.78. The fourth-order valence-corrected chi connectivity index (χ4v) is 4.71. The maximum absolute atomic E-state index is 13.1. The summed E-state index contributed by atoms with van der Waals surface area (Å²) < 4.78 is 38.0. The molecule has 1 aliphatic heterocycles. The lowest BCUT2D eigenvalue weighted by Crippen LogP contribution is -2.48. The van der Waals surface area contributed by atoms with Gasteiger partial charge in [-0.05, 0) is 42.5 Å². The van der Waals surface area contributed by atoms with E-state index in [1.165, 1.54) is 30.5 Å². The molecular weight excluding hydrogens is 394 g/mol. The molecule has 0 aliphatic carbocycles. The predicted octanol–water partition coefficient (Wildman–Crippen LogP) is 2.17. The number of piperazine rings is 1. The third-order valence-corrected chi connectivity index (χ3v) is 6.69. The SMILES string of the molecule is COc1ccc(N2CCN(S(=O)(=O)c3ccc(OC)c(NC(C)=O)c3)CC2)cc1. The van der Waals surface area contributed by atoms with Crippen molar-refractivity contribution in [2.75, 3.05) is 50.6 Å². The molecule has 1 N–H and O–H groups in total. The van der Waals surface area contributed by atoms with Gasteiger partial charge in [-0.3, -0.25) is 4.79 Å². The Balaban J connectivity index is 1.74. The van der Waals surface area contributed by atoms with E-state index in [0.717, 1.165) is 11.4 Å². The number of hydrogen-bond acceptors (Lipinski definition) is 6. The topological polar surface area (TPSA) is 88.2 Å². The molecular formula is C20H25N3O5S. The lowest BCUT2D eigenvalue weighted by molar-refractivity contribution is -0.114. The van der Waals surface area contributed by atoms with Crippen molar-refractivity contribution < 1.29 is 22.7 Å². The molecule has 0 saturated carbocycles. The van der Waals surface area contributed by atoms with Gasteiger partial charge < -0.3 is 19.7 Å². The zero-order valence-corrected chi connectivity index (χ0v) is 17.5. The Labute approximate surface area is 171 Å². The number of methoxy groups -OCH3 is 2. The van der Waals surface area contributed by atoms with Crippen molar-refractivity contribution >= 4 is 27.3 Å². The number of rotatable bonds is 6. The van der Waals surface area contributed by atoms with E-state index in [2.05, 4.69) is 10.2 Å². The first-order chi connectivity index (χ1) is 13.8. The van der Waals surface area contributed by atoms with Crippen molar-refractivity contribution in [2.45, 2.75) is 11.8 Å². The van der Waals surface area contributed by atoms with E-state index in [1.54, 1.807) is 13.2 Å². The first-order valence-corrected chi connectivity index (χ1v) is 10.6. The summed E-state index contributed by atoms with van der Waals surface area (Å²) in [5.74, 6) is 0.888. The molecule has 29 heavy (non-hydrogen) atoms. The largest absolute Gasteiger partial charge is 0.497 e. The third-order valence-electron chi connectivity index (χ3n) is 4.80. The second-order valence-electron chi connectivity index (χ2n) is 6.63. The van der Waals surface area contributed by atoms with Gasteiger partial charge in [-0.1, -0.05) is 0 Å². The van der Waals surface area contributed by atoms with Crippen LogP contribution in [0.5, 0.6) is 11.5 Å². The first kappa shape index (κ1) is 20.9. The van der Waals surface area contributed by atoms with E-state index in [9.17, 15) is 13.2 Å². The van der Waals surface area contributed by atoms with Crippen LogP contribution in [0.2, 0.25) is 0 Å². The average Bonchev–Trinajstić information content (AvgIpc) is 2.73. The second-order valence-corrected chi connectivity index (χ2v) is 8.57. The number of anilines is 2. The first-order valence-electron chi connectivity index (χ1n) is 9.20. The van der Waals surface area contributed by atoms with Crippen LogP contribution in [0, 0.1) is 0 Å². The van der Waals surface area contributed by atoms with Crippen LogP contribution in [0.4, 0.5) is 11.4 Å². The minimum absolute atomic E-state index is 0.125. The fraction of sp³-hybridized carbons (Fsp3) is 0.350. The normalized spacial score (nSPS) is 15.1. The van der Waals surface area contributed by atoms with E-state index >= 15 is 0 Å². The molecule has 1 saturated heterocycles. The lowest BCUT2D eigenvalue weighted by atomic mass is 10.2. The molecule has 0 atom stereocenters. The summed E-state index contributed by atoms with van der Waals surface area (Å²) in [6.07, 6.45) is 0. The van der Waals surface area contributed by atoms with E-state index in [-0.39, 0.29) is 10.8 Å². The molecule has 3 rings (SSSR count). The zero-order chi connectivity index (χ0) is 21.0. The Morgan fingerprint density at radius 2 is 1.62 bits per heavy atom. The van der Waals surface area contributed by atoms with Crippen LogP contribution in [0.3, 0.4) is 0 Å². The monoisotopic (exact) mass is 419 g/mol. The number of ether oxygens (including phenoxy) is 2. The van der Waals surface area contributed by atoms with Crippen molar-refractivity contribution in [2.24, 2.45) is 0 Å². The number of amides is 1. The van der Waals surface area contributed by atoms with Gasteiger partial charge in [0, 0.05) is 38.8 Å². The van der Waals surface area contributed by atoms with Crippen LogP contribution in [0.25, 0.3) is 0 Å². The second kappa shape index (κ2) is 8.71. The minimum Gasteiger partial charge on any atom is -0.497 e. The zero-order valence-electron chi connectivity index (χ0n) is 16.7. The molecule has 1 heterocycles. The molecule has 1 amide bonds. The van der Waals surface area contributed by atoms with Crippen molar-refractivity contribution in [3.63, 3.8) is 0 Å². The van der Waals surface area contributed by atoms with Crippen molar-refractivity contribution in [3.05, 3.63) is 42.5 Å². The van der Waals surface area contributed by atoms with E-state index in [0.29, 0.717) is 37.6 Å². The molecule has 9 heteroatoms. The quantitative estimate of drug-likeness (QED) is 0.772. The van der Waals surface area contributed by atoms with Gasteiger partial charge >= 0.3 is 0 Å². The van der Waals surface area contributed by atoms with Gasteiger partial charge in [0.2, 0.25) is 15.9 Å². The highest BCUT2D eigenvalue weighted by Gasteiger charge is 2.29. The molecule has 1 fully saturated rings. The van der Waals surface area contributed by atoms with E-state index in [1.807, 2.05) is 24.3 Å². The molecule has 156 valence electrons. The number of nitrogens with one attached hydrogen (secondary N) is 1. The highest BCUT2D eigenvalue weighted by atomic mass is 32.2. The van der Waals surface area contributed by atoms with E-state index in [4.69, 9.17) is 9.47 Å². The molecule has 2 aromatic rings. The summed E-state index contributed by atoms with van der Waals surface area (Å²) in [5.41, 5.74) is 1.36. The van der Waals surface area contributed by atoms with Gasteiger partial charge in [-0.15, -0.1) is 0 Å². The molecule has 0 bridgehead atoms. The number of hydrogen-bond donors (Lipinski definition) is 1. The number of carbonyl (C=O) groups excluding carboxylic acids is 1. The van der Waals surface area contributed by atoms with Gasteiger partial charge in [0.05, 0.1) is 24.8 Å². The number of nitrogens with zero attached hydrogens (tertiary/aromatic N) is 2. The third kappa shape index (κ3) is 4.63. The lowest BCUT2D eigenvalue weighted by Gasteiger charge is -2.35. The Kier molecular flexibility index (Phi) is 6.29. The van der Waals surface area contributed by atoms with Gasteiger partial charge in [0.15, 0.2) is 0 Å². The molecule has 0 aromatic heterocycles. The Bertz CT molecular complexity index is 968. The van der Waals surface area contributed by atoms with Crippen LogP contribution in [-0.4, -0.2) is 59.0 Å². The molecule has 0 spiro atoms. The van der Waals surface area contributed by atoms with Crippen LogP contribution in [0.1, 0.15) is 6.92 Å². The van der Waals surface area contributed by atoms with Crippen molar-refractivity contribution in [3.8, 4) is 11.5 Å². The average molecular weight is 420 g/mol. The highest BCUT2D eigenvalue weighted by Crippen LogP contribution is 2.30. The van der Waals surface area contributed by atoms with Gasteiger partial charge in [-0.25, -0.2) is 8.42 Å². The van der Waals surface area contributed by atoms with Crippen LogP contribution in [-0.2, 0) is 14.8 Å². The van der Waals surface area contributed by atoms with Crippen molar-refractivity contribution in [1.29, 1.82) is 0 Å². The van der Waals surface area contributed by atoms with Crippen LogP contribution in [0.15, 0.2) is 47.4 Å². The maximum Gasteiger partial charge on any atom is 0.243 e. The summed E-state index contributed by atoms with van der Waals surface area (Å²) >= 11 is 0. The standard InChI is InChI=1S/C20H25N3O5S/c1-15(24)21-19-14-18(8-9-20(19)28-3)29(25,26)23-12-10-22(11-13-23)16-4-6-17(27-2)7-5-16/h4-9,14H,10-13H2,1-3H3,(H,21,24). The summed E-state index contributed by atoms with van der Waals surface area (Å²) in [5, 5.41) is 2.61. The maximum atomic E-state index is 13.1. The fourth-order valence-electron chi connectivity index (χ4n) is 3.26. The molecule has 8 nitrogen and oxygen atoms in total. The minimum atomic E-state index is -3.68. The Morgan fingerprint density at radius 3 is 2.17 bits per heavy atom.